The summed E-state index contributed by atoms with van der Waals surface area (Å²) in [6.45, 7) is 0. The van der Waals surface area contributed by atoms with Crippen molar-refractivity contribution in [2.24, 2.45) is 0 Å². The van der Waals surface area contributed by atoms with E-state index in [1.165, 1.54) is 4.57 Å². The minimum absolute atomic E-state index is 0.182. The van der Waals surface area contributed by atoms with Gasteiger partial charge in [-0.1, -0.05) is 18.2 Å². The van der Waals surface area contributed by atoms with E-state index in [-0.39, 0.29) is 6.03 Å². The van der Waals surface area contributed by atoms with Gasteiger partial charge in [0, 0.05) is 18.6 Å². The molecule has 0 aliphatic carbocycles. The first-order chi connectivity index (χ1) is 6.74. The maximum Gasteiger partial charge on any atom is 0.325 e. The highest BCUT2D eigenvalue weighted by molar-refractivity contribution is 5.98. The van der Waals surface area contributed by atoms with E-state index in [0.717, 1.165) is 10.9 Å². The third-order valence-electron chi connectivity index (χ3n) is 2.18. The zero-order valence-electron chi connectivity index (χ0n) is 7.82. The molecule has 0 aliphatic heterocycles. The van der Waals surface area contributed by atoms with Crippen LogP contribution in [-0.4, -0.2) is 17.6 Å². The molecular weight excluding hydrogens is 178 g/mol. The number of rotatable bonds is 0. The van der Waals surface area contributed by atoms with Crippen LogP contribution in [0.3, 0.4) is 0 Å². The van der Waals surface area contributed by atoms with Crippen molar-refractivity contribution in [3.63, 3.8) is 0 Å². The summed E-state index contributed by atoms with van der Waals surface area (Å²) in [5, 5.41) is 3.45. The lowest BCUT2D eigenvalue weighted by atomic mass is 10.2. The molecule has 2 rings (SSSR count). The molecule has 0 unspecified atom stereocenters. The summed E-state index contributed by atoms with van der Waals surface area (Å²) in [7, 11) is 1.59. The molecular formula is C10H11N3O. The van der Waals surface area contributed by atoms with Crippen LogP contribution in [0.15, 0.2) is 30.5 Å². The molecule has 72 valence electrons. The Morgan fingerprint density at radius 2 is 2.14 bits per heavy atom. The van der Waals surface area contributed by atoms with Crippen LogP contribution >= 0.6 is 0 Å². The van der Waals surface area contributed by atoms with Crippen LogP contribution in [0.4, 0.5) is 10.5 Å². The molecule has 0 spiro atoms. The van der Waals surface area contributed by atoms with E-state index >= 15 is 0 Å². The zero-order chi connectivity index (χ0) is 10.1. The maximum absolute atomic E-state index is 11.4. The summed E-state index contributed by atoms with van der Waals surface area (Å²) in [5.74, 6) is 0. The quantitative estimate of drug-likeness (QED) is 0.658. The lowest BCUT2D eigenvalue weighted by Crippen LogP contribution is -2.23. The smallest absolute Gasteiger partial charge is 0.325 e. The number of carbonyl (C=O) groups excluding carboxylic acids is 1. The first-order valence-corrected chi connectivity index (χ1v) is 4.31. The molecule has 2 aromatic rings. The summed E-state index contributed by atoms with van der Waals surface area (Å²) >= 11 is 0. The van der Waals surface area contributed by atoms with Crippen LogP contribution in [0.25, 0.3) is 10.9 Å². The van der Waals surface area contributed by atoms with Gasteiger partial charge in [-0.15, -0.1) is 0 Å². The molecule has 1 aromatic heterocycles. The average Bonchev–Trinajstić information content (AvgIpc) is 2.56. The molecule has 4 nitrogen and oxygen atoms in total. The number of fused-ring (bicyclic) bond motifs is 1. The summed E-state index contributed by atoms with van der Waals surface area (Å²) in [5.41, 5.74) is 7.21. The molecule has 1 heterocycles. The van der Waals surface area contributed by atoms with Crippen molar-refractivity contribution in [2.45, 2.75) is 0 Å². The van der Waals surface area contributed by atoms with Crippen molar-refractivity contribution in [1.82, 2.24) is 9.88 Å². The standard InChI is InChI=1S/C10H11N3O/c1-12-10(14)13-6-8(11)7-4-2-3-5-9(7)13/h2-6H,11H2,1H3,(H,12,14). The Kier molecular flexibility index (Phi) is 1.89. The second-order valence-electron chi connectivity index (χ2n) is 3.03. The summed E-state index contributed by atoms with van der Waals surface area (Å²) < 4.78 is 1.50. The Bertz CT molecular complexity index is 487. The first-order valence-electron chi connectivity index (χ1n) is 4.31. The number of nitrogens with two attached hydrogens (primary N) is 1. The number of carbonyl (C=O) groups is 1. The number of benzene rings is 1. The molecule has 1 aromatic carbocycles. The fraction of sp³-hybridized carbons (Fsp3) is 0.100. The maximum atomic E-state index is 11.4. The van der Waals surface area contributed by atoms with Gasteiger partial charge in [0.25, 0.3) is 0 Å². The number of para-hydroxylation sites is 1. The lowest BCUT2D eigenvalue weighted by Gasteiger charge is -2.01. The number of nitrogens with zero attached hydrogens (tertiary/aromatic N) is 1. The predicted molar refractivity (Wildman–Crippen MR) is 56.2 cm³/mol. The van der Waals surface area contributed by atoms with Gasteiger partial charge in [-0.05, 0) is 6.07 Å². The van der Waals surface area contributed by atoms with Crippen LogP contribution in [0.1, 0.15) is 0 Å². The minimum atomic E-state index is -0.182. The van der Waals surface area contributed by atoms with Crippen molar-refractivity contribution in [1.29, 1.82) is 0 Å². The van der Waals surface area contributed by atoms with Crippen molar-refractivity contribution in [3.05, 3.63) is 30.5 Å². The fourth-order valence-electron chi connectivity index (χ4n) is 1.49. The van der Waals surface area contributed by atoms with Gasteiger partial charge in [-0.25, -0.2) is 4.79 Å². The molecule has 0 atom stereocenters. The van der Waals surface area contributed by atoms with Gasteiger partial charge >= 0.3 is 6.03 Å². The highest BCUT2D eigenvalue weighted by Crippen LogP contribution is 2.22. The average molecular weight is 189 g/mol. The van der Waals surface area contributed by atoms with Crippen molar-refractivity contribution < 1.29 is 4.79 Å². The van der Waals surface area contributed by atoms with Gasteiger partial charge in [0.2, 0.25) is 0 Å². The van der Waals surface area contributed by atoms with E-state index in [4.69, 9.17) is 5.73 Å². The Hall–Kier alpha value is -1.97. The van der Waals surface area contributed by atoms with E-state index in [0.29, 0.717) is 5.69 Å². The van der Waals surface area contributed by atoms with E-state index in [1.807, 2.05) is 24.3 Å². The molecule has 1 amide bonds. The van der Waals surface area contributed by atoms with Crippen LogP contribution in [0, 0.1) is 0 Å². The van der Waals surface area contributed by atoms with Gasteiger partial charge in [-0.3, -0.25) is 4.57 Å². The van der Waals surface area contributed by atoms with Gasteiger partial charge in [0.1, 0.15) is 0 Å². The molecule has 0 fully saturated rings. The number of hydrogen-bond donors (Lipinski definition) is 2. The molecule has 0 aliphatic rings. The number of anilines is 1. The second-order valence-corrected chi connectivity index (χ2v) is 3.03. The Labute approximate surface area is 81.3 Å². The molecule has 4 heteroatoms. The number of hydrogen-bond acceptors (Lipinski definition) is 2. The minimum Gasteiger partial charge on any atom is -0.397 e. The molecule has 0 radical (unpaired) electrons. The first kappa shape index (κ1) is 8.62. The van der Waals surface area contributed by atoms with E-state index < -0.39 is 0 Å². The summed E-state index contributed by atoms with van der Waals surface area (Å²) in [6.07, 6.45) is 1.63. The highest BCUT2D eigenvalue weighted by atomic mass is 16.2. The van der Waals surface area contributed by atoms with Gasteiger partial charge < -0.3 is 11.1 Å². The van der Waals surface area contributed by atoms with Crippen molar-refractivity contribution >= 4 is 22.6 Å². The topological polar surface area (TPSA) is 60.0 Å². The summed E-state index contributed by atoms with van der Waals surface area (Å²) in [4.78, 5) is 11.4. The van der Waals surface area contributed by atoms with Crippen molar-refractivity contribution in [2.75, 3.05) is 12.8 Å². The number of nitrogens with one attached hydrogen (secondary N) is 1. The van der Waals surface area contributed by atoms with Crippen LogP contribution < -0.4 is 11.1 Å². The van der Waals surface area contributed by atoms with Gasteiger partial charge in [0.15, 0.2) is 0 Å². The van der Waals surface area contributed by atoms with Crippen LogP contribution in [0.5, 0.6) is 0 Å². The molecule has 0 saturated carbocycles. The van der Waals surface area contributed by atoms with Crippen LogP contribution in [-0.2, 0) is 0 Å². The zero-order valence-corrected chi connectivity index (χ0v) is 7.82. The second kappa shape index (κ2) is 3.06. The molecule has 14 heavy (non-hydrogen) atoms. The Morgan fingerprint density at radius 1 is 1.43 bits per heavy atom. The third-order valence-corrected chi connectivity index (χ3v) is 2.18. The molecule has 3 N–H and O–H groups in total. The Morgan fingerprint density at radius 3 is 2.86 bits per heavy atom. The SMILES string of the molecule is CNC(=O)n1cc(N)c2ccccc21. The van der Waals surface area contributed by atoms with Crippen LogP contribution in [0.2, 0.25) is 0 Å². The molecule has 0 bridgehead atoms. The number of aromatic nitrogens is 1. The van der Waals surface area contributed by atoms with Crippen molar-refractivity contribution in [3.8, 4) is 0 Å². The normalized spacial score (nSPS) is 10.4. The largest absolute Gasteiger partial charge is 0.397 e. The monoisotopic (exact) mass is 189 g/mol. The third kappa shape index (κ3) is 1.12. The van der Waals surface area contributed by atoms with E-state index in [1.54, 1.807) is 13.2 Å². The fourth-order valence-corrected chi connectivity index (χ4v) is 1.49. The van der Waals surface area contributed by atoms with E-state index in [2.05, 4.69) is 5.32 Å². The summed E-state index contributed by atoms with van der Waals surface area (Å²) in [6, 6.07) is 7.34. The van der Waals surface area contributed by atoms with Gasteiger partial charge in [-0.2, -0.15) is 0 Å². The van der Waals surface area contributed by atoms with E-state index in [9.17, 15) is 4.79 Å². The number of amides is 1. The predicted octanol–water partition coefficient (Wildman–Crippen LogP) is 1.41. The Balaban J connectivity index is 2.72. The number of nitrogen functional groups attached to an aromatic ring is 1. The highest BCUT2D eigenvalue weighted by Gasteiger charge is 2.09. The van der Waals surface area contributed by atoms with Gasteiger partial charge in [0.05, 0.1) is 11.2 Å². The lowest BCUT2D eigenvalue weighted by molar-refractivity contribution is 0.245. The molecule has 0 saturated heterocycles.